The zero-order valence-corrected chi connectivity index (χ0v) is 16.1. The number of aliphatic imine (C=N–C) groups is 1. The number of rotatable bonds is 3. The summed E-state index contributed by atoms with van der Waals surface area (Å²) in [6.45, 7) is 2.94. The summed E-state index contributed by atoms with van der Waals surface area (Å²) in [5, 5.41) is 3.14. The number of amidine groups is 1. The van der Waals surface area contributed by atoms with Gasteiger partial charge in [-0.3, -0.25) is 9.69 Å². The highest BCUT2D eigenvalue weighted by atomic mass is 32.1. The van der Waals surface area contributed by atoms with Crippen molar-refractivity contribution in [3.05, 3.63) is 28.1 Å². The summed E-state index contributed by atoms with van der Waals surface area (Å²) in [5.74, 6) is 0.974. The summed E-state index contributed by atoms with van der Waals surface area (Å²) in [7, 11) is 0. The molecule has 5 heterocycles. The van der Waals surface area contributed by atoms with E-state index in [1.165, 1.54) is 19.3 Å². The molecule has 2 fully saturated rings. The van der Waals surface area contributed by atoms with Gasteiger partial charge in [0, 0.05) is 26.1 Å². The van der Waals surface area contributed by atoms with Gasteiger partial charge in [-0.15, -0.1) is 11.3 Å². The lowest BCUT2D eigenvalue weighted by atomic mass is 10.1. The lowest BCUT2D eigenvalue weighted by molar-refractivity contribution is -0.122. The van der Waals surface area contributed by atoms with E-state index in [1.807, 2.05) is 17.0 Å². The fourth-order valence-corrected chi connectivity index (χ4v) is 5.63. The molecule has 2 aromatic heterocycles. The third kappa shape index (κ3) is 2.79. The Balaban J connectivity index is 1.55. The Kier molecular flexibility index (Phi) is 4.13. The van der Waals surface area contributed by atoms with Gasteiger partial charge in [0.25, 0.3) is 5.91 Å². The first-order chi connectivity index (χ1) is 12.8. The van der Waals surface area contributed by atoms with Crippen molar-refractivity contribution in [3.63, 3.8) is 0 Å². The van der Waals surface area contributed by atoms with Crippen LogP contribution in [-0.4, -0.2) is 41.3 Å². The number of anilines is 1. The largest absolute Gasteiger partial charge is 0.348 e. The molecule has 3 aliphatic heterocycles. The van der Waals surface area contributed by atoms with E-state index in [1.54, 1.807) is 22.7 Å². The van der Waals surface area contributed by atoms with E-state index >= 15 is 0 Å². The van der Waals surface area contributed by atoms with E-state index in [9.17, 15) is 4.79 Å². The third-order valence-electron chi connectivity index (χ3n) is 5.10. The van der Waals surface area contributed by atoms with Gasteiger partial charge in [0.2, 0.25) is 0 Å². The molecule has 26 heavy (non-hydrogen) atoms. The van der Waals surface area contributed by atoms with Gasteiger partial charge in [0.05, 0.1) is 9.75 Å². The van der Waals surface area contributed by atoms with E-state index in [2.05, 4.69) is 21.3 Å². The number of hydrogen-bond donors (Lipinski definition) is 0. The van der Waals surface area contributed by atoms with Crippen molar-refractivity contribution in [1.29, 1.82) is 0 Å². The maximum Gasteiger partial charge on any atom is 0.277 e. The molecule has 0 aromatic carbocycles. The van der Waals surface area contributed by atoms with Crippen LogP contribution >= 0.6 is 22.7 Å². The Hall–Kier alpha value is -1.99. The predicted molar refractivity (Wildman–Crippen MR) is 108 cm³/mol. The molecule has 5 nitrogen and oxygen atoms in total. The summed E-state index contributed by atoms with van der Waals surface area (Å²) in [4.78, 5) is 28.6. The fourth-order valence-electron chi connectivity index (χ4n) is 3.77. The van der Waals surface area contributed by atoms with Crippen molar-refractivity contribution in [2.45, 2.75) is 32.1 Å². The number of aromatic nitrogens is 1. The summed E-state index contributed by atoms with van der Waals surface area (Å²) < 4.78 is 0. The molecule has 2 aromatic rings. The van der Waals surface area contributed by atoms with E-state index in [-0.39, 0.29) is 5.91 Å². The van der Waals surface area contributed by atoms with Crippen LogP contribution in [0.15, 0.2) is 28.2 Å². The van der Waals surface area contributed by atoms with E-state index in [0.29, 0.717) is 5.70 Å². The predicted octanol–water partition coefficient (Wildman–Crippen LogP) is 4.24. The normalized spacial score (nSPS) is 21.6. The SMILES string of the molecule is O=C1/C(=C/c2sc(N3CCCCC3)nc2-c2cccs2)N=C2CCCN12. The monoisotopic (exact) mass is 384 g/mol. The van der Waals surface area contributed by atoms with Gasteiger partial charge in [-0.25, -0.2) is 9.98 Å². The Morgan fingerprint density at radius 2 is 2.00 bits per heavy atom. The lowest BCUT2D eigenvalue weighted by Crippen LogP contribution is -2.29. The molecule has 5 rings (SSSR count). The standard InChI is InChI=1S/C19H20N4OS2/c24-18-13(20-16-7-4-10-23(16)18)12-15-17(14-6-5-11-25-14)21-19(26-15)22-8-2-1-3-9-22/h5-6,11-12H,1-4,7-10H2/b13-12-. The minimum Gasteiger partial charge on any atom is -0.348 e. The number of carbonyl (C=O) groups excluding carboxylic acids is 1. The van der Waals surface area contributed by atoms with Gasteiger partial charge >= 0.3 is 0 Å². The molecule has 0 radical (unpaired) electrons. The van der Waals surface area contributed by atoms with Crippen LogP contribution in [0.3, 0.4) is 0 Å². The second-order valence-corrected chi connectivity index (χ2v) is 8.81. The molecule has 0 aliphatic carbocycles. The van der Waals surface area contributed by atoms with Crippen molar-refractivity contribution >= 4 is 45.6 Å². The van der Waals surface area contributed by atoms with Crippen LogP contribution in [0.25, 0.3) is 16.6 Å². The maximum atomic E-state index is 12.6. The maximum absolute atomic E-state index is 12.6. The van der Waals surface area contributed by atoms with Crippen molar-refractivity contribution in [2.24, 2.45) is 4.99 Å². The Morgan fingerprint density at radius 3 is 2.77 bits per heavy atom. The van der Waals surface area contributed by atoms with Gasteiger partial charge in [-0.2, -0.15) is 0 Å². The average Bonchev–Trinajstić information content (AvgIpc) is 3.43. The van der Waals surface area contributed by atoms with Gasteiger partial charge < -0.3 is 4.90 Å². The fraction of sp³-hybridized carbons (Fsp3) is 0.421. The first-order valence-electron chi connectivity index (χ1n) is 9.20. The number of fused-ring (bicyclic) bond motifs is 1. The molecular weight excluding hydrogens is 364 g/mol. The van der Waals surface area contributed by atoms with Crippen molar-refractivity contribution < 1.29 is 4.79 Å². The van der Waals surface area contributed by atoms with E-state index < -0.39 is 0 Å². The van der Waals surface area contributed by atoms with Gasteiger partial charge in [0.15, 0.2) is 5.13 Å². The second-order valence-electron chi connectivity index (χ2n) is 6.85. The molecule has 2 saturated heterocycles. The van der Waals surface area contributed by atoms with Gasteiger partial charge in [-0.05, 0) is 43.2 Å². The van der Waals surface area contributed by atoms with Crippen LogP contribution in [0.2, 0.25) is 0 Å². The number of carbonyl (C=O) groups is 1. The molecular formula is C19H20N4OS2. The van der Waals surface area contributed by atoms with E-state index in [0.717, 1.165) is 58.9 Å². The van der Waals surface area contributed by atoms with Crippen LogP contribution in [0.5, 0.6) is 0 Å². The molecule has 0 unspecified atom stereocenters. The number of thiazole rings is 1. The second kappa shape index (κ2) is 6.63. The van der Waals surface area contributed by atoms with Crippen molar-refractivity contribution in [1.82, 2.24) is 9.88 Å². The van der Waals surface area contributed by atoms with Gasteiger partial charge in [-0.1, -0.05) is 17.4 Å². The first-order valence-corrected chi connectivity index (χ1v) is 10.9. The van der Waals surface area contributed by atoms with Crippen LogP contribution in [0, 0.1) is 0 Å². The van der Waals surface area contributed by atoms with Crippen LogP contribution in [-0.2, 0) is 4.79 Å². The average molecular weight is 385 g/mol. The summed E-state index contributed by atoms with van der Waals surface area (Å²) >= 11 is 3.38. The number of nitrogens with zero attached hydrogens (tertiary/aromatic N) is 4. The topological polar surface area (TPSA) is 48.8 Å². The highest BCUT2D eigenvalue weighted by Crippen LogP contribution is 2.38. The van der Waals surface area contributed by atoms with Crippen molar-refractivity contribution in [2.75, 3.05) is 24.5 Å². The van der Waals surface area contributed by atoms with Crippen molar-refractivity contribution in [3.8, 4) is 10.6 Å². The smallest absolute Gasteiger partial charge is 0.277 e. The molecule has 134 valence electrons. The molecule has 0 atom stereocenters. The molecule has 7 heteroatoms. The molecule has 0 spiro atoms. The molecule has 0 N–H and O–H groups in total. The summed E-state index contributed by atoms with van der Waals surface area (Å²) in [6.07, 6.45) is 7.64. The van der Waals surface area contributed by atoms with E-state index in [4.69, 9.17) is 4.98 Å². The zero-order valence-electron chi connectivity index (χ0n) is 14.5. The molecule has 0 bridgehead atoms. The molecule has 0 saturated carbocycles. The Labute approximate surface area is 160 Å². The quantitative estimate of drug-likeness (QED) is 0.744. The number of piperidine rings is 1. The summed E-state index contributed by atoms with van der Waals surface area (Å²) in [5.41, 5.74) is 1.55. The van der Waals surface area contributed by atoms with Crippen LogP contribution < -0.4 is 4.90 Å². The minimum atomic E-state index is 0.0440. The van der Waals surface area contributed by atoms with Crippen LogP contribution in [0.4, 0.5) is 5.13 Å². The highest BCUT2D eigenvalue weighted by Gasteiger charge is 2.33. The Bertz CT molecular complexity index is 891. The summed E-state index contributed by atoms with van der Waals surface area (Å²) in [6, 6.07) is 4.15. The number of hydrogen-bond acceptors (Lipinski definition) is 6. The zero-order chi connectivity index (χ0) is 17.5. The van der Waals surface area contributed by atoms with Gasteiger partial charge in [0.1, 0.15) is 17.2 Å². The Morgan fingerprint density at radius 1 is 1.12 bits per heavy atom. The highest BCUT2D eigenvalue weighted by molar-refractivity contribution is 7.18. The van der Waals surface area contributed by atoms with Crippen LogP contribution in [0.1, 0.15) is 37.0 Å². The minimum absolute atomic E-state index is 0.0440. The first kappa shape index (κ1) is 16.2. The molecule has 3 aliphatic rings. The molecule has 1 amide bonds. The third-order valence-corrected chi connectivity index (χ3v) is 7.04. The lowest BCUT2D eigenvalue weighted by Gasteiger charge is -2.25. The number of thiophene rings is 1. The number of amides is 1.